The molecule has 3 aromatic rings. The van der Waals surface area contributed by atoms with Gasteiger partial charge < -0.3 is 9.64 Å². The van der Waals surface area contributed by atoms with Crippen LogP contribution in [-0.2, 0) is 4.79 Å². The lowest BCUT2D eigenvalue weighted by atomic mass is 9.86. The van der Waals surface area contributed by atoms with Gasteiger partial charge in [-0.05, 0) is 75.8 Å². The first kappa shape index (κ1) is 22.7. The van der Waals surface area contributed by atoms with E-state index in [1.165, 1.54) is 23.3 Å². The molecule has 0 aromatic heterocycles. The highest BCUT2D eigenvalue weighted by atomic mass is 19.1. The van der Waals surface area contributed by atoms with Gasteiger partial charge in [0.05, 0.1) is 5.92 Å². The summed E-state index contributed by atoms with van der Waals surface area (Å²) >= 11 is 0. The number of hydrogen-bond acceptors (Lipinski definition) is 3. The predicted octanol–water partition coefficient (Wildman–Crippen LogP) is 5.77. The fourth-order valence-corrected chi connectivity index (χ4v) is 3.85. The predicted molar refractivity (Wildman–Crippen MR) is 124 cm³/mol. The van der Waals surface area contributed by atoms with Crippen LogP contribution in [-0.4, -0.2) is 37.9 Å². The Labute approximate surface area is 184 Å². The Morgan fingerprint density at radius 3 is 2.16 bits per heavy atom. The number of hydrogen-bond donors (Lipinski definition) is 0. The van der Waals surface area contributed by atoms with Gasteiger partial charge >= 0.3 is 0 Å². The molecule has 0 spiro atoms. The van der Waals surface area contributed by atoms with E-state index < -0.39 is 5.92 Å². The first-order chi connectivity index (χ1) is 14.7. The standard InChI is InChI=1S/C27H30FNO2/c1-18-14-19(2)16-23(15-18)22-8-11-26(31-13-12-29(4)5)25(17-22)27(20(3)30)21-6-9-24(28)10-7-21/h6-11,14-17,27H,12-13H2,1-5H3. The smallest absolute Gasteiger partial charge is 0.141 e. The fourth-order valence-electron chi connectivity index (χ4n) is 3.85. The number of ketones is 1. The highest BCUT2D eigenvalue weighted by molar-refractivity contribution is 5.88. The van der Waals surface area contributed by atoms with E-state index in [1.807, 2.05) is 37.2 Å². The van der Waals surface area contributed by atoms with Crippen molar-refractivity contribution in [1.29, 1.82) is 0 Å². The van der Waals surface area contributed by atoms with Gasteiger partial charge in [-0.2, -0.15) is 0 Å². The molecule has 0 N–H and O–H groups in total. The lowest BCUT2D eigenvalue weighted by molar-refractivity contribution is -0.117. The van der Waals surface area contributed by atoms with E-state index in [0.29, 0.717) is 12.4 Å². The van der Waals surface area contributed by atoms with Crippen molar-refractivity contribution in [2.45, 2.75) is 26.7 Å². The molecule has 0 heterocycles. The molecule has 0 aliphatic rings. The number of carbonyl (C=O) groups is 1. The molecule has 1 atom stereocenters. The van der Waals surface area contributed by atoms with Crippen LogP contribution < -0.4 is 4.74 Å². The molecule has 0 saturated heterocycles. The Kier molecular flexibility index (Phi) is 7.24. The summed E-state index contributed by atoms with van der Waals surface area (Å²) in [7, 11) is 3.98. The van der Waals surface area contributed by atoms with Gasteiger partial charge in [-0.1, -0.05) is 47.5 Å². The summed E-state index contributed by atoms with van der Waals surface area (Å²) < 4.78 is 19.6. The van der Waals surface area contributed by atoms with Crippen molar-refractivity contribution in [2.24, 2.45) is 0 Å². The molecule has 0 saturated carbocycles. The summed E-state index contributed by atoms with van der Waals surface area (Å²) in [4.78, 5) is 14.8. The molecule has 31 heavy (non-hydrogen) atoms. The van der Waals surface area contributed by atoms with Crippen molar-refractivity contribution >= 4 is 5.78 Å². The summed E-state index contributed by atoms with van der Waals surface area (Å²) in [6, 6.07) is 18.6. The monoisotopic (exact) mass is 419 g/mol. The van der Waals surface area contributed by atoms with Crippen LogP contribution in [0.3, 0.4) is 0 Å². The molecule has 3 aromatic carbocycles. The van der Waals surface area contributed by atoms with Gasteiger partial charge in [0, 0.05) is 12.1 Å². The number of nitrogens with zero attached hydrogens (tertiary/aromatic N) is 1. The number of rotatable bonds is 8. The third-order valence-electron chi connectivity index (χ3n) is 5.28. The quantitative estimate of drug-likeness (QED) is 0.464. The lowest BCUT2D eigenvalue weighted by Gasteiger charge is -2.21. The third-order valence-corrected chi connectivity index (χ3v) is 5.28. The van der Waals surface area contributed by atoms with Crippen LogP contribution >= 0.6 is 0 Å². The molecule has 4 heteroatoms. The van der Waals surface area contributed by atoms with Crippen LogP contribution in [0.4, 0.5) is 4.39 Å². The maximum Gasteiger partial charge on any atom is 0.141 e. The van der Waals surface area contributed by atoms with Gasteiger partial charge in [-0.25, -0.2) is 4.39 Å². The van der Waals surface area contributed by atoms with Gasteiger partial charge in [-0.3, -0.25) is 4.79 Å². The third kappa shape index (κ3) is 5.80. The Bertz CT molecular complexity index is 1040. The van der Waals surface area contributed by atoms with Crippen molar-refractivity contribution in [3.05, 3.63) is 88.7 Å². The topological polar surface area (TPSA) is 29.5 Å². The van der Waals surface area contributed by atoms with Crippen LogP contribution in [0.1, 0.15) is 35.1 Å². The molecule has 0 aliphatic carbocycles. The molecule has 162 valence electrons. The normalized spacial score (nSPS) is 12.1. The second kappa shape index (κ2) is 9.88. The summed E-state index contributed by atoms with van der Waals surface area (Å²) in [6.07, 6.45) is 0. The molecule has 0 radical (unpaired) electrons. The zero-order valence-electron chi connectivity index (χ0n) is 18.9. The van der Waals surface area contributed by atoms with Gasteiger partial charge in [-0.15, -0.1) is 0 Å². The summed E-state index contributed by atoms with van der Waals surface area (Å²) in [6.45, 7) is 7.00. The van der Waals surface area contributed by atoms with E-state index in [1.54, 1.807) is 19.1 Å². The Balaban J connectivity index is 2.11. The average molecular weight is 420 g/mol. The number of aryl methyl sites for hydroxylation is 2. The molecule has 1 unspecified atom stereocenters. The Hall–Kier alpha value is -2.98. The first-order valence-electron chi connectivity index (χ1n) is 10.5. The lowest BCUT2D eigenvalue weighted by Crippen LogP contribution is -2.20. The zero-order chi connectivity index (χ0) is 22.5. The van der Waals surface area contributed by atoms with Crippen molar-refractivity contribution in [3.63, 3.8) is 0 Å². The SMILES string of the molecule is CC(=O)C(c1ccc(F)cc1)c1cc(-c2cc(C)cc(C)c2)ccc1OCCN(C)C. The number of ether oxygens (including phenoxy) is 1. The number of carbonyl (C=O) groups excluding carboxylic acids is 1. The highest BCUT2D eigenvalue weighted by Crippen LogP contribution is 2.36. The van der Waals surface area contributed by atoms with Crippen LogP contribution in [0.25, 0.3) is 11.1 Å². The van der Waals surface area contributed by atoms with E-state index in [4.69, 9.17) is 4.74 Å². The molecular weight excluding hydrogens is 389 g/mol. The van der Waals surface area contributed by atoms with Crippen molar-refractivity contribution < 1.29 is 13.9 Å². The summed E-state index contributed by atoms with van der Waals surface area (Å²) in [5.41, 5.74) is 6.04. The summed E-state index contributed by atoms with van der Waals surface area (Å²) in [5.74, 6) is -0.181. The maximum absolute atomic E-state index is 13.5. The highest BCUT2D eigenvalue weighted by Gasteiger charge is 2.24. The average Bonchev–Trinajstić information content (AvgIpc) is 2.69. The molecule has 0 bridgehead atoms. The molecule has 3 rings (SSSR count). The zero-order valence-corrected chi connectivity index (χ0v) is 18.9. The fraction of sp³-hybridized carbons (Fsp3) is 0.296. The van der Waals surface area contributed by atoms with Gasteiger partial charge in [0.1, 0.15) is 24.0 Å². The molecule has 3 nitrogen and oxygen atoms in total. The Morgan fingerprint density at radius 2 is 1.58 bits per heavy atom. The van der Waals surface area contributed by atoms with E-state index in [9.17, 15) is 9.18 Å². The maximum atomic E-state index is 13.5. The van der Waals surface area contributed by atoms with E-state index >= 15 is 0 Å². The summed E-state index contributed by atoms with van der Waals surface area (Å²) in [5, 5.41) is 0. The van der Waals surface area contributed by atoms with E-state index in [2.05, 4.69) is 32.0 Å². The number of Topliss-reactive ketones (excluding diaryl/α,β-unsaturated/α-hetero) is 1. The molecule has 0 fully saturated rings. The molecular formula is C27H30FNO2. The van der Waals surface area contributed by atoms with E-state index in [0.717, 1.165) is 28.8 Å². The minimum absolute atomic E-state index is 0.0124. The number of halogens is 1. The van der Waals surface area contributed by atoms with Crippen LogP contribution in [0.2, 0.25) is 0 Å². The van der Waals surface area contributed by atoms with Crippen molar-refractivity contribution in [1.82, 2.24) is 4.90 Å². The van der Waals surface area contributed by atoms with Gasteiger partial charge in [0.15, 0.2) is 0 Å². The molecule has 0 amide bonds. The Morgan fingerprint density at radius 1 is 0.935 bits per heavy atom. The minimum atomic E-state index is -0.527. The van der Waals surface area contributed by atoms with Gasteiger partial charge in [0.2, 0.25) is 0 Å². The van der Waals surface area contributed by atoms with Crippen LogP contribution in [0, 0.1) is 19.7 Å². The molecule has 0 aliphatic heterocycles. The number of benzene rings is 3. The first-order valence-corrected chi connectivity index (χ1v) is 10.5. The van der Waals surface area contributed by atoms with Crippen LogP contribution in [0.5, 0.6) is 5.75 Å². The largest absolute Gasteiger partial charge is 0.492 e. The van der Waals surface area contributed by atoms with Crippen molar-refractivity contribution in [2.75, 3.05) is 27.2 Å². The van der Waals surface area contributed by atoms with E-state index in [-0.39, 0.29) is 11.6 Å². The second-order valence-electron chi connectivity index (χ2n) is 8.38. The van der Waals surface area contributed by atoms with Crippen molar-refractivity contribution in [3.8, 4) is 16.9 Å². The minimum Gasteiger partial charge on any atom is -0.492 e. The van der Waals surface area contributed by atoms with Crippen LogP contribution in [0.15, 0.2) is 60.7 Å². The number of likely N-dealkylation sites (N-methyl/N-ethyl adjacent to an activating group) is 1. The second-order valence-corrected chi connectivity index (χ2v) is 8.38. The van der Waals surface area contributed by atoms with Gasteiger partial charge in [0.25, 0.3) is 0 Å².